The zero-order valence-corrected chi connectivity index (χ0v) is 16.7. The fourth-order valence-corrected chi connectivity index (χ4v) is 2.75. The van der Waals surface area contributed by atoms with Crippen LogP contribution in [-0.2, 0) is 11.3 Å². The van der Waals surface area contributed by atoms with Gasteiger partial charge in [-0.15, -0.1) is 0 Å². The first-order chi connectivity index (χ1) is 14.9. The number of aliphatic hydroxyl groups excluding tert-OH is 1. The van der Waals surface area contributed by atoms with Crippen LogP contribution in [0.3, 0.4) is 0 Å². The normalized spacial score (nSPS) is 10.3. The number of carbonyl (C=O) groups excluding carboxylic acids is 2. The van der Waals surface area contributed by atoms with Gasteiger partial charge < -0.3 is 15.2 Å². The molecule has 0 bridgehead atoms. The van der Waals surface area contributed by atoms with Gasteiger partial charge in [-0.3, -0.25) is 15.1 Å². The number of hydrogen-bond acceptors (Lipinski definition) is 5. The quantitative estimate of drug-likeness (QED) is 0.500. The van der Waals surface area contributed by atoms with Crippen molar-refractivity contribution in [2.75, 3.05) is 10.6 Å². The lowest BCUT2D eigenvalue weighted by Gasteiger charge is -2.12. The molecule has 0 unspecified atom stereocenters. The van der Waals surface area contributed by atoms with Crippen LogP contribution in [-0.4, -0.2) is 22.1 Å². The molecule has 3 N–H and O–H groups in total. The average Bonchev–Trinajstić information content (AvgIpc) is 2.74. The summed E-state index contributed by atoms with van der Waals surface area (Å²) in [5.74, 6) is -0.750. The molecule has 0 aliphatic heterocycles. The molecule has 0 saturated carbocycles. The van der Waals surface area contributed by atoms with E-state index in [0.29, 0.717) is 28.1 Å². The number of anilines is 2. The van der Waals surface area contributed by atoms with Gasteiger partial charge in [0.25, 0.3) is 5.91 Å². The summed E-state index contributed by atoms with van der Waals surface area (Å²) < 4.78 is 19.1. The maximum absolute atomic E-state index is 14.2. The summed E-state index contributed by atoms with van der Waals surface area (Å²) in [5, 5.41) is 14.3. The number of aromatic nitrogens is 1. The highest BCUT2D eigenvalue weighted by Gasteiger charge is 2.13. The minimum absolute atomic E-state index is 0.120. The summed E-state index contributed by atoms with van der Waals surface area (Å²) in [4.78, 5) is 28.5. The van der Waals surface area contributed by atoms with Gasteiger partial charge in [-0.2, -0.15) is 0 Å². The summed E-state index contributed by atoms with van der Waals surface area (Å²) in [6, 6.07) is 14.1. The number of carbonyl (C=O) groups is 2. The van der Waals surface area contributed by atoms with Gasteiger partial charge in [-0.05, 0) is 42.8 Å². The first-order valence-electron chi connectivity index (χ1n) is 9.28. The van der Waals surface area contributed by atoms with Gasteiger partial charge in [-0.1, -0.05) is 30.8 Å². The number of pyridine rings is 1. The first kappa shape index (κ1) is 21.7. The molecule has 2 amide bonds. The second kappa shape index (κ2) is 9.64. The van der Waals surface area contributed by atoms with Crippen molar-refractivity contribution >= 4 is 23.4 Å². The van der Waals surface area contributed by atoms with Crippen molar-refractivity contribution in [2.24, 2.45) is 0 Å². The Morgan fingerprint density at radius 1 is 1.10 bits per heavy atom. The monoisotopic (exact) mass is 421 g/mol. The number of ether oxygens (including phenoxy) is 1. The van der Waals surface area contributed by atoms with Crippen LogP contribution in [0.15, 0.2) is 73.1 Å². The number of para-hydroxylation sites is 2. The summed E-state index contributed by atoms with van der Waals surface area (Å²) in [7, 11) is 0. The molecule has 0 radical (unpaired) electrons. The second-order valence-electron chi connectivity index (χ2n) is 6.63. The van der Waals surface area contributed by atoms with E-state index < -0.39 is 17.8 Å². The van der Waals surface area contributed by atoms with Crippen molar-refractivity contribution in [2.45, 2.75) is 13.5 Å². The minimum Gasteiger partial charge on any atom is -0.416 e. The Morgan fingerprint density at radius 3 is 2.32 bits per heavy atom. The fourth-order valence-electron chi connectivity index (χ4n) is 2.75. The Morgan fingerprint density at radius 2 is 1.74 bits per heavy atom. The molecule has 1 aromatic heterocycles. The van der Waals surface area contributed by atoms with E-state index in [0.717, 1.165) is 0 Å². The van der Waals surface area contributed by atoms with Crippen LogP contribution in [0.1, 0.15) is 22.8 Å². The Labute approximate surface area is 178 Å². The van der Waals surface area contributed by atoms with Crippen LogP contribution in [0.25, 0.3) is 11.3 Å². The molecule has 0 aliphatic rings. The largest absolute Gasteiger partial charge is 0.416 e. The number of allylic oxidation sites excluding steroid dienone is 1. The van der Waals surface area contributed by atoms with Crippen LogP contribution in [0.4, 0.5) is 20.6 Å². The molecule has 0 saturated heterocycles. The van der Waals surface area contributed by atoms with Crippen molar-refractivity contribution in [3.05, 3.63) is 90.1 Å². The van der Waals surface area contributed by atoms with E-state index in [1.165, 1.54) is 24.4 Å². The molecule has 7 nitrogen and oxygen atoms in total. The fraction of sp³-hybridized carbons (Fsp3) is 0.0870. The lowest BCUT2D eigenvalue weighted by molar-refractivity contribution is 0.102. The predicted molar refractivity (Wildman–Crippen MR) is 115 cm³/mol. The third-order valence-corrected chi connectivity index (χ3v) is 4.18. The van der Waals surface area contributed by atoms with E-state index in [9.17, 15) is 14.0 Å². The standard InChI is InChI=1S/C23H20FN3O4/c1-14(2)31-23(30)27-20-6-4-3-5-19(20)26-22(29)17-9-7-16(8-10-17)21-18(24)11-15(13-28)12-25-21/h3-12,28H,1,13H2,2H3,(H,26,29)(H,27,30). The molecule has 0 aliphatic carbocycles. The van der Waals surface area contributed by atoms with E-state index in [1.807, 2.05) is 0 Å². The average molecular weight is 421 g/mol. The third kappa shape index (κ3) is 5.52. The van der Waals surface area contributed by atoms with E-state index in [1.54, 1.807) is 43.3 Å². The minimum atomic E-state index is -0.722. The van der Waals surface area contributed by atoms with Gasteiger partial charge in [0, 0.05) is 17.3 Å². The first-order valence-corrected chi connectivity index (χ1v) is 9.28. The highest BCUT2D eigenvalue weighted by molar-refractivity contribution is 6.07. The number of nitrogens with zero attached hydrogens (tertiary/aromatic N) is 1. The van der Waals surface area contributed by atoms with Gasteiger partial charge in [-0.25, -0.2) is 9.18 Å². The molecular formula is C23H20FN3O4. The molecule has 3 rings (SSSR count). The number of aliphatic hydroxyl groups is 1. The molecule has 1 heterocycles. The van der Waals surface area contributed by atoms with Crippen LogP contribution in [0.2, 0.25) is 0 Å². The molecule has 2 aromatic carbocycles. The highest BCUT2D eigenvalue weighted by atomic mass is 19.1. The number of rotatable bonds is 6. The maximum atomic E-state index is 14.2. The molecule has 0 spiro atoms. The Balaban J connectivity index is 1.75. The van der Waals surface area contributed by atoms with Crippen molar-refractivity contribution in [3.8, 4) is 11.3 Å². The van der Waals surface area contributed by atoms with E-state index in [4.69, 9.17) is 9.84 Å². The number of benzene rings is 2. The number of halogens is 1. The van der Waals surface area contributed by atoms with E-state index >= 15 is 0 Å². The van der Waals surface area contributed by atoms with Crippen LogP contribution in [0.5, 0.6) is 0 Å². The molecule has 3 aromatic rings. The molecule has 31 heavy (non-hydrogen) atoms. The molecule has 0 fully saturated rings. The Hall–Kier alpha value is -4.04. The van der Waals surface area contributed by atoms with Crippen LogP contribution in [0, 0.1) is 5.82 Å². The van der Waals surface area contributed by atoms with Crippen LogP contribution >= 0.6 is 0 Å². The highest BCUT2D eigenvalue weighted by Crippen LogP contribution is 2.24. The number of nitrogens with one attached hydrogen (secondary N) is 2. The smallest absolute Gasteiger partial charge is 0.416 e. The second-order valence-corrected chi connectivity index (χ2v) is 6.63. The predicted octanol–water partition coefficient (Wildman–Crippen LogP) is 4.71. The topological polar surface area (TPSA) is 101 Å². The van der Waals surface area contributed by atoms with Gasteiger partial charge in [0.05, 0.1) is 23.7 Å². The molecule has 0 atom stereocenters. The van der Waals surface area contributed by atoms with E-state index in [-0.39, 0.29) is 18.1 Å². The summed E-state index contributed by atoms with van der Waals surface area (Å²) in [6.45, 7) is 4.74. The zero-order chi connectivity index (χ0) is 22.4. The molecule has 8 heteroatoms. The Kier molecular flexibility index (Phi) is 6.74. The van der Waals surface area contributed by atoms with Crippen molar-refractivity contribution in [1.82, 2.24) is 4.98 Å². The van der Waals surface area contributed by atoms with Gasteiger partial charge >= 0.3 is 6.09 Å². The molecular weight excluding hydrogens is 401 g/mol. The third-order valence-electron chi connectivity index (χ3n) is 4.18. The Bertz CT molecular complexity index is 1130. The van der Waals surface area contributed by atoms with Gasteiger partial charge in [0.15, 0.2) is 0 Å². The SMILES string of the molecule is C=C(C)OC(=O)Nc1ccccc1NC(=O)c1ccc(-c2ncc(CO)cc2F)cc1. The summed E-state index contributed by atoms with van der Waals surface area (Å²) in [6.07, 6.45) is 0.669. The van der Waals surface area contributed by atoms with Crippen molar-refractivity contribution in [3.63, 3.8) is 0 Å². The summed E-state index contributed by atoms with van der Waals surface area (Å²) in [5.41, 5.74) is 2.04. The summed E-state index contributed by atoms with van der Waals surface area (Å²) >= 11 is 0. The van der Waals surface area contributed by atoms with Gasteiger partial charge in [0.2, 0.25) is 0 Å². The number of amides is 2. The molecule has 158 valence electrons. The van der Waals surface area contributed by atoms with Crippen LogP contribution < -0.4 is 10.6 Å². The maximum Gasteiger partial charge on any atom is 0.416 e. The van der Waals surface area contributed by atoms with Gasteiger partial charge in [0.1, 0.15) is 11.5 Å². The lowest BCUT2D eigenvalue weighted by Crippen LogP contribution is -2.17. The van der Waals surface area contributed by atoms with E-state index in [2.05, 4.69) is 22.2 Å². The van der Waals surface area contributed by atoms with Crippen molar-refractivity contribution < 1.29 is 23.8 Å². The zero-order valence-electron chi connectivity index (χ0n) is 16.7. The lowest BCUT2D eigenvalue weighted by atomic mass is 10.1. The van der Waals surface area contributed by atoms with Crippen molar-refractivity contribution in [1.29, 1.82) is 0 Å². The number of hydrogen-bond donors (Lipinski definition) is 3.